The molecule has 0 aliphatic heterocycles. The number of nitrogens with one attached hydrogen (secondary N) is 1. The molecule has 0 saturated carbocycles. The van der Waals surface area contributed by atoms with Crippen molar-refractivity contribution in [1.29, 1.82) is 0 Å². The lowest BCUT2D eigenvalue weighted by molar-refractivity contribution is -0.137. The topological polar surface area (TPSA) is 55.6 Å². The SMILES string of the molecule is CNCc1cnc(-n2cc(C(F)(F)F)cn2)nc1. The fourth-order valence-corrected chi connectivity index (χ4v) is 1.34. The van der Waals surface area contributed by atoms with Gasteiger partial charge in [-0.2, -0.15) is 18.3 Å². The van der Waals surface area contributed by atoms with Crippen LogP contribution in [0.2, 0.25) is 0 Å². The second-order valence-electron chi connectivity index (χ2n) is 3.59. The van der Waals surface area contributed by atoms with Gasteiger partial charge in [0.05, 0.1) is 11.8 Å². The van der Waals surface area contributed by atoms with Crippen LogP contribution in [0, 0.1) is 0 Å². The van der Waals surface area contributed by atoms with Crippen LogP contribution >= 0.6 is 0 Å². The zero-order valence-electron chi connectivity index (χ0n) is 9.44. The first-order valence-electron chi connectivity index (χ1n) is 5.08. The summed E-state index contributed by atoms with van der Waals surface area (Å²) in [6.07, 6.45) is 0.254. The summed E-state index contributed by atoms with van der Waals surface area (Å²) in [5.74, 6) is 0.102. The van der Waals surface area contributed by atoms with Gasteiger partial charge in [-0.15, -0.1) is 0 Å². The van der Waals surface area contributed by atoms with Gasteiger partial charge in [0.25, 0.3) is 0 Å². The lowest BCUT2D eigenvalue weighted by atomic mass is 10.3. The minimum atomic E-state index is -4.41. The predicted molar refractivity (Wildman–Crippen MR) is 56.9 cm³/mol. The van der Waals surface area contributed by atoms with Gasteiger partial charge < -0.3 is 5.32 Å². The molecule has 0 saturated heterocycles. The Hall–Kier alpha value is -1.96. The first-order valence-corrected chi connectivity index (χ1v) is 5.08. The third kappa shape index (κ3) is 2.65. The molecule has 5 nitrogen and oxygen atoms in total. The van der Waals surface area contributed by atoms with Gasteiger partial charge >= 0.3 is 6.18 Å². The number of aromatic nitrogens is 4. The lowest BCUT2D eigenvalue weighted by Crippen LogP contribution is -2.08. The smallest absolute Gasteiger partial charge is 0.316 e. The van der Waals surface area contributed by atoms with Gasteiger partial charge in [-0.25, -0.2) is 14.6 Å². The fraction of sp³-hybridized carbons (Fsp3) is 0.300. The van der Waals surface area contributed by atoms with Crippen LogP contribution in [0.3, 0.4) is 0 Å². The van der Waals surface area contributed by atoms with E-state index < -0.39 is 11.7 Å². The highest BCUT2D eigenvalue weighted by Gasteiger charge is 2.32. The predicted octanol–water partition coefficient (Wildman–Crippen LogP) is 1.40. The summed E-state index contributed by atoms with van der Waals surface area (Å²) in [6.45, 7) is 0.590. The van der Waals surface area contributed by atoms with Crippen LogP contribution in [0.15, 0.2) is 24.8 Å². The molecule has 2 heterocycles. The van der Waals surface area contributed by atoms with Crippen molar-refractivity contribution >= 4 is 0 Å². The molecule has 0 amide bonds. The highest BCUT2D eigenvalue weighted by Crippen LogP contribution is 2.28. The van der Waals surface area contributed by atoms with E-state index in [1.807, 2.05) is 0 Å². The maximum atomic E-state index is 12.4. The van der Waals surface area contributed by atoms with Crippen LogP contribution in [0.4, 0.5) is 13.2 Å². The normalized spacial score (nSPS) is 11.8. The summed E-state index contributed by atoms with van der Waals surface area (Å²) in [5, 5.41) is 6.50. The molecule has 0 bridgehead atoms. The fourth-order valence-electron chi connectivity index (χ4n) is 1.34. The Morgan fingerprint density at radius 1 is 1.22 bits per heavy atom. The summed E-state index contributed by atoms with van der Waals surface area (Å²) in [4.78, 5) is 7.89. The minimum absolute atomic E-state index is 0.102. The van der Waals surface area contributed by atoms with E-state index in [0.717, 1.165) is 22.6 Å². The molecule has 18 heavy (non-hydrogen) atoms. The van der Waals surface area contributed by atoms with Crippen molar-refractivity contribution in [3.63, 3.8) is 0 Å². The average Bonchev–Trinajstić information content (AvgIpc) is 2.79. The molecule has 0 aliphatic carbocycles. The van der Waals surface area contributed by atoms with Gasteiger partial charge in [-0.1, -0.05) is 0 Å². The van der Waals surface area contributed by atoms with Gasteiger partial charge in [-0.3, -0.25) is 0 Å². The Labute approximate surface area is 101 Å². The molecule has 2 aromatic heterocycles. The van der Waals surface area contributed by atoms with Crippen molar-refractivity contribution in [3.05, 3.63) is 35.9 Å². The van der Waals surface area contributed by atoms with E-state index in [1.54, 1.807) is 7.05 Å². The second-order valence-corrected chi connectivity index (χ2v) is 3.59. The van der Waals surface area contributed by atoms with Crippen LogP contribution < -0.4 is 5.32 Å². The zero-order valence-corrected chi connectivity index (χ0v) is 9.44. The molecular formula is C10H10F3N5. The molecule has 0 atom stereocenters. The first-order chi connectivity index (χ1) is 8.50. The molecule has 96 valence electrons. The van der Waals surface area contributed by atoms with Crippen LogP contribution in [-0.4, -0.2) is 26.8 Å². The first kappa shape index (κ1) is 12.5. The summed E-state index contributed by atoms with van der Waals surface area (Å²) in [6, 6.07) is 0. The van der Waals surface area contributed by atoms with Crippen LogP contribution in [0.25, 0.3) is 5.95 Å². The van der Waals surface area contributed by atoms with Crippen LogP contribution in [0.5, 0.6) is 0 Å². The molecular weight excluding hydrogens is 247 g/mol. The number of rotatable bonds is 3. The van der Waals surface area contributed by atoms with Crippen LogP contribution in [0.1, 0.15) is 11.1 Å². The van der Waals surface area contributed by atoms with Crippen molar-refractivity contribution in [2.24, 2.45) is 0 Å². The molecule has 0 radical (unpaired) electrons. The minimum Gasteiger partial charge on any atom is -0.316 e. The number of alkyl halides is 3. The zero-order chi connectivity index (χ0) is 13.2. The van der Waals surface area contributed by atoms with Gasteiger partial charge in [0.1, 0.15) is 0 Å². The molecule has 2 aromatic rings. The second kappa shape index (κ2) is 4.73. The Bertz CT molecular complexity index is 517. The highest BCUT2D eigenvalue weighted by atomic mass is 19.4. The molecule has 0 unspecified atom stereocenters. The van der Waals surface area contributed by atoms with Crippen molar-refractivity contribution in [2.45, 2.75) is 12.7 Å². The van der Waals surface area contributed by atoms with Gasteiger partial charge in [0.2, 0.25) is 5.95 Å². The van der Waals surface area contributed by atoms with Crippen molar-refractivity contribution in [1.82, 2.24) is 25.1 Å². The maximum absolute atomic E-state index is 12.4. The van der Waals surface area contributed by atoms with Gasteiger partial charge in [0.15, 0.2) is 0 Å². The summed E-state index contributed by atoms with van der Waals surface area (Å²) in [5.41, 5.74) is 0.00912. The molecule has 0 fully saturated rings. The highest BCUT2D eigenvalue weighted by molar-refractivity contribution is 5.18. The molecule has 1 N–H and O–H groups in total. The van der Waals surface area contributed by atoms with Gasteiger partial charge in [-0.05, 0) is 7.05 Å². The van der Waals surface area contributed by atoms with E-state index in [1.165, 1.54) is 12.4 Å². The van der Waals surface area contributed by atoms with Crippen molar-refractivity contribution < 1.29 is 13.2 Å². The average molecular weight is 257 g/mol. The van der Waals surface area contributed by atoms with E-state index in [-0.39, 0.29) is 5.95 Å². The Morgan fingerprint density at radius 2 is 1.89 bits per heavy atom. The van der Waals surface area contributed by atoms with E-state index in [2.05, 4.69) is 20.4 Å². The summed E-state index contributed by atoms with van der Waals surface area (Å²) in [7, 11) is 1.77. The molecule has 0 aromatic carbocycles. The summed E-state index contributed by atoms with van der Waals surface area (Å²) >= 11 is 0. The van der Waals surface area contributed by atoms with E-state index in [9.17, 15) is 13.2 Å². The molecule has 0 spiro atoms. The third-order valence-corrected chi connectivity index (χ3v) is 2.19. The number of hydrogen-bond donors (Lipinski definition) is 1. The largest absolute Gasteiger partial charge is 0.419 e. The Balaban J connectivity index is 2.23. The Morgan fingerprint density at radius 3 is 2.39 bits per heavy atom. The van der Waals surface area contributed by atoms with Crippen LogP contribution in [-0.2, 0) is 12.7 Å². The van der Waals surface area contributed by atoms with Crippen molar-refractivity contribution in [3.8, 4) is 5.95 Å². The van der Waals surface area contributed by atoms with E-state index in [4.69, 9.17) is 0 Å². The Kier molecular flexibility index (Phi) is 3.28. The molecule has 0 aliphatic rings. The standard InChI is InChI=1S/C10H10F3N5/c1-14-2-7-3-15-9(16-4-7)18-6-8(5-17-18)10(11,12)13/h3-6,14H,2H2,1H3. The molecule has 2 rings (SSSR count). The third-order valence-electron chi connectivity index (χ3n) is 2.19. The van der Waals surface area contributed by atoms with Gasteiger partial charge in [0, 0.05) is 30.7 Å². The lowest BCUT2D eigenvalue weighted by Gasteiger charge is -2.02. The number of halogens is 3. The quantitative estimate of drug-likeness (QED) is 0.903. The summed E-state index contributed by atoms with van der Waals surface area (Å²) < 4.78 is 38.1. The maximum Gasteiger partial charge on any atom is 0.419 e. The molecule has 8 heteroatoms. The van der Waals surface area contributed by atoms with E-state index in [0.29, 0.717) is 6.54 Å². The monoisotopic (exact) mass is 257 g/mol. The van der Waals surface area contributed by atoms with E-state index >= 15 is 0 Å². The number of nitrogens with zero attached hydrogens (tertiary/aromatic N) is 4. The number of hydrogen-bond acceptors (Lipinski definition) is 4. The van der Waals surface area contributed by atoms with Crippen molar-refractivity contribution in [2.75, 3.05) is 7.05 Å².